The van der Waals surface area contributed by atoms with E-state index in [1.165, 1.54) is 23.6 Å². The molecule has 1 amide bonds. The van der Waals surface area contributed by atoms with E-state index in [0.717, 1.165) is 12.0 Å². The summed E-state index contributed by atoms with van der Waals surface area (Å²) < 4.78 is 10.7. The minimum Gasteiger partial charge on any atom is -0.459 e. The van der Waals surface area contributed by atoms with Gasteiger partial charge in [0.15, 0.2) is 5.76 Å². The summed E-state index contributed by atoms with van der Waals surface area (Å²) in [7, 11) is 0. The van der Waals surface area contributed by atoms with Crippen LogP contribution < -0.4 is 5.32 Å². The Morgan fingerprint density at radius 3 is 2.59 bits per heavy atom. The lowest BCUT2D eigenvalue weighted by Gasteiger charge is -2.15. The molecule has 2 aromatic heterocycles. The predicted octanol–water partition coefficient (Wildman–Crippen LogP) is 4.50. The molecule has 1 N–H and O–H groups in total. The van der Waals surface area contributed by atoms with Crippen LogP contribution >= 0.6 is 11.8 Å². The highest BCUT2D eigenvalue weighted by atomic mass is 32.2. The zero-order valence-corrected chi connectivity index (χ0v) is 16.5. The maximum atomic E-state index is 12.2. The van der Waals surface area contributed by atoms with E-state index >= 15 is 0 Å². The van der Waals surface area contributed by atoms with Crippen LogP contribution in [0, 0.1) is 5.92 Å². The highest BCUT2D eigenvalue weighted by Crippen LogP contribution is 2.23. The van der Waals surface area contributed by atoms with Crippen molar-refractivity contribution in [2.45, 2.75) is 38.5 Å². The van der Waals surface area contributed by atoms with Crippen LogP contribution in [0.2, 0.25) is 0 Å². The maximum absolute atomic E-state index is 12.2. The van der Waals surface area contributed by atoms with Crippen LogP contribution in [0.5, 0.6) is 0 Å². The van der Waals surface area contributed by atoms with E-state index in [9.17, 15) is 4.79 Å². The fourth-order valence-corrected chi connectivity index (χ4v) is 3.25. The Hall–Kier alpha value is -2.54. The summed E-state index contributed by atoms with van der Waals surface area (Å²) in [5.74, 6) is 1.56. The van der Waals surface area contributed by atoms with E-state index in [1.54, 1.807) is 12.1 Å². The van der Waals surface area contributed by atoms with Crippen LogP contribution in [0.3, 0.4) is 0 Å². The molecule has 0 aliphatic rings. The summed E-state index contributed by atoms with van der Waals surface area (Å²) in [6.45, 7) is 6.38. The molecule has 0 spiro atoms. The molecule has 0 saturated heterocycles. The van der Waals surface area contributed by atoms with Gasteiger partial charge in [-0.05, 0) is 42.5 Å². The normalized spacial score (nSPS) is 12.3. The molecule has 0 saturated carbocycles. The minimum atomic E-state index is -0.0866. The summed E-state index contributed by atoms with van der Waals surface area (Å²) in [4.78, 5) is 12.2. The Morgan fingerprint density at radius 2 is 1.93 bits per heavy atom. The zero-order valence-electron chi connectivity index (χ0n) is 15.6. The molecule has 0 bridgehead atoms. The zero-order chi connectivity index (χ0) is 19.2. The Labute approximate surface area is 162 Å². The third-order valence-electron chi connectivity index (χ3n) is 3.97. The van der Waals surface area contributed by atoms with E-state index in [2.05, 4.69) is 53.6 Å². The summed E-state index contributed by atoms with van der Waals surface area (Å²) >= 11 is 1.20. The van der Waals surface area contributed by atoms with Crippen molar-refractivity contribution in [2.24, 2.45) is 5.92 Å². The monoisotopic (exact) mass is 385 g/mol. The quantitative estimate of drug-likeness (QED) is 0.575. The number of nitrogens with zero attached hydrogens (tertiary/aromatic N) is 2. The first-order chi connectivity index (χ1) is 13.0. The summed E-state index contributed by atoms with van der Waals surface area (Å²) in [6, 6.07) is 11.8. The van der Waals surface area contributed by atoms with Gasteiger partial charge < -0.3 is 14.2 Å². The third kappa shape index (κ3) is 5.47. The van der Waals surface area contributed by atoms with Gasteiger partial charge in [-0.15, -0.1) is 10.2 Å². The molecule has 1 atom stereocenters. The van der Waals surface area contributed by atoms with Crippen LogP contribution in [0.4, 0.5) is 0 Å². The number of furan rings is 1. The SMILES string of the molecule is CC(C)Cc1ccc(C(C)NC(=O)CSc2nnc(-c3ccco3)o2)cc1. The largest absolute Gasteiger partial charge is 0.459 e. The fourth-order valence-electron chi connectivity index (χ4n) is 2.68. The van der Waals surface area contributed by atoms with Gasteiger partial charge >= 0.3 is 0 Å². The lowest BCUT2D eigenvalue weighted by atomic mass is 10.00. The number of hydrogen-bond acceptors (Lipinski definition) is 6. The van der Waals surface area contributed by atoms with Gasteiger partial charge in [0.05, 0.1) is 18.1 Å². The van der Waals surface area contributed by atoms with E-state index in [-0.39, 0.29) is 17.7 Å². The minimum absolute atomic E-state index is 0.0624. The number of nitrogens with one attached hydrogen (secondary N) is 1. The lowest BCUT2D eigenvalue weighted by molar-refractivity contribution is -0.119. The van der Waals surface area contributed by atoms with Gasteiger partial charge in [0, 0.05) is 0 Å². The first-order valence-electron chi connectivity index (χ1n) is 8.89. The maximum Gasteiger partial charge on any atom is 0.284 e. The molecule has 142 valence electrons. The molecule has 3 aromatic rings. The van der Waals surface area contributed by atoms with Crippen molar-refractivity contribution in [2.75, 3.05) is 5.75 Å². The standard InChI is InChI=1S/C20H23N3O3S/c1-13(2)11-15-6-8-16(9-7-15)14(3)21-18(24)12-27-20-23-22-19(26-20)17-5-4-10-25-17/h4-10,13-14H,11-12H2,1-3H3,(H,21,24). The number of amides is 1. The van der Waals surface area contributed by atoms with Gasteiger partial charge in [-0.2, -0.15) is 0 Å². The van der Waals surface area contributed by atoms with Crippen LogP contribution in [-0.2, 0) is 11.2 Å². The van der Waals surface area contributed by atoms with Gasteiger partial charge in [-0.25, -0.2) is 0 Å². The predicted molar refractivity (Wildman–Crippen MR) is 104 cm³/mol. The molecule has 7 heteroatoms. The lowest BCUT2D eigenvalue weighted by Crippen LogP contribution is -2.28. The molecule has 0 fully saturated rings. The van der Waals surface area contributed by atoms with Crippen molar-refractivity contribution in [1.29, 1.82) is 0 Å². The van der Waals surface area contributed by atoms with Crippen LogP contribution in [0.15, 0.2) is 56.7 Å². The first kappa shape index (κ1) is 19.2. The van der Waals surface area contributed by atoms with Crippen molar-refractivity contribution in [3.05, 3.63) is 53.8 Å². The number of carbonyl (C=O) groups is 1. The van der Waals surface area contributed by atoms with Gasteiger partial charge in [-0.1, -0.05) is 49.9 Å². The van der Waals surface area contributed by atoms with Crippen molar-refractivity contribution in [3.8, 4) is 11.7 Å². The first-order valence-corrected chi connectivity index (χ1v) is 9.88. The highest BCUT2D eigenvalue weighted by Gasteiger charge is 2.14. The van der Waals surface area contributed by atoms with E-state index < -0.39 is 0 Å². The number of thioether (sulfide) groups is 1. The van der Waals surface area contributed by atoms with Gasteiger partial charge in [-0.3, -0.25) is 4.79 Å². The smallest absolute Gasteiger partial charge is 0.284 e. The number of benzene rings is 1. The molecule has 1 unspecified atom stereocenters. The average molecular weight is 385 g/mol. The molecule has 2 heterocycles. The Balaban J connectivity index is 1.48. The molecular formula is C20H23N3O3S. The summed E-state index contributed by atoms with van der Waals surface area (Å²) in [6.07, 6.45) is 2.60. The molecule has 1 aromatic carbocycles. The van der Waals surface area contributed by atoms with Crippen molar-refractivity contribution >= 4 is 17.7 Å². The highest BCUT2D eigenvalue weighted by molar-refractivity contribution is 7.99. The molecule has 0 radical (unpaired) electrons. The summed E-state index contributed by atoms with van der Waals surface area (Å²) in [5.41, 5.74) is 2.39. The van der Waals surface area contributed by atoms with Crippen LogP contribution in [0.1, 0.15) is 37.9 Å². The van der Waals surface area contributed by atoms with Crippen molar-refractivity contribution < 1.29 is 13.6 Å². The van der Waals surface area contributed by atoms with Crippen molar-refractivity contribution in [3.63, 3.8) is 0 Å². The second kappa shape index (κ2) is 8.90. The third-order valence-corrected chi connectivity index (χ3v) is 4.78. The topological polar surface area (TPSA) is 81.2 Å². The molecule has 3 rings (SSSR count). The van der Waals surface area contributed by atoms with Gasteiger partial charge in [0.25, 0.3) is 11.1 Å². The molecule has 27 heavy (non-hydrogen) atoms. The molecule has 6 nitrogen and oxygen atoms in total. The Bertz CT molecular complexity index is 857. The molecule has 0 aliphatic carbocycles. The second-order valence-electron chi connectivity index (χ2n) is 6.77. The van der Waals surface area contributed by atoms with Gasteiger partial charge in [0.1, 0.15) is 0 Å². The number of hydrogen-bond donors (Lipinski definition) is 1. The van der Waals surface area contributed by atoms with Crippen molar-refractivity contribution in [1.82, 2.24) is 15.5 Å². The van der Waals surface area contributed by atoms with E-state index in [1.807, 2.05) is 6.92 Å². The number of rotatable bonds is 8. The number of carbonyl (C=O) groups excluding carboxylic acids is 1. The molecular weight excluding hydrogens is 362 g/mol. The van der Waals surface area contributed by atoms with E-state index in [4.69, 9.17) is 8.83 Å². The van der Waals surface area contributed by atoms with E-state index in [0.29, 0.717) is 22.8 Å². The van der Waals surface area contributed by atoms with Crippen LogP contribution in [0.25, 0.3) is 11.7 Å². The van der Waals surface area contributed by atoms with Gasteiger partial charge in [0.2, 0.25) is 5.91 Å². The molecule has 0 aliphatic heterocycles. The Morgan fingerprint density at radius 1 is 1.15 bits per heavy atom. The average Bonchev–Trinajstić information content (AvgIpc) is 3.31. The fraction of sp³-hybridized carbons (Fsp3) is 0.350. The Kier molecular flexibility index (Phi) is 6.34. The number of aromatic nitrogens is 2. The van der Waals surface area contributed by atoms with Crippen LogP contribution in [-0.4, -0.2) is 21.9 Å². The second-order valence-corrected chi connectivity index (χ2v) is 7.69. The summed E-state index contributed by atoms with van der Waals surface area (Å²) in [5, 5.41) is 11.2.